The van der Waals surface area contributed by atoms with Gasteiger partial charge in [-0.1, -0.05) is 0 Å². The fourth-order valence-electron chi connectivity index (χ4n) is 2.84. The summed E-state index contributed by atoms with van der Waals surface area (Å²) >= 11 is 0. The molecule has 9 nitrogen and oxygen atoms in total. The summed E-state index contributed by atoms with van der Waals surface area (Å²) in [5, 5.41) is 15.4. The van der Waals surface area contributed by atoms with Crippen LogP contribution >= 0.6 is 0 Å². The summed E-state index contributed by atoms with van der Waals surface area (Å²) in [4.78, 5) is 17.0. The molecule has 0 radical (unpaired) electrons. The quantitative estimate of drug-likeness (QED) is 0.643. The Balaban J connectivity index is 1.74. The maximum Gasteiger partial charge on any atom is 0.270 e. The molecular weight excluding hydrogens is 334 g/mol. The lowest BCUT2D eigenvalue weighted by Gasteiger charge is -2.15. The van der Waals surface area contributed by atoms with E-state index in [9.17, 15) is 4.79 Å². The molecule has 3 aromatic heterocycles. The van der Waals surface area contributed by atoms with E-state index >= 15 is 0 Å². The third kappa shape index (κ3) is 3.72. The van der Waals surface area contributed by atoms with E-state index in [0.29, 0.717) is 23.8 Å². The highest BCUT2D eigenvalue weighted by molar-refractivity contribution is 5.93. The summed E-state index contributed by atoms with van der Waals surface area (Å²) in [6, 6.07) is 3.28. The van der Waals surface area contributed by atoms with Gasteiger partial charge in [-0.2, -0.15) is 5.10 Å². The second-order valence-corrected chi connectivity index (χ2v) is 6.26. The molecule has 0 bridgehead atoms. The third-order valence-electron chi connectivity index (χ3n) is 4.09. The molecule has 26 heavy (non-hydrogen) atoms. The smallest absolute Gasteiger partial charge is 0.270 e. The third-order valence-corrected chi connectivity index (χ3v) is 4.09. The van der Waals surface area contributed by atoms with Gasteiger partial charge in [-0.15, -0.1) is 10.2 Å². The first-order valence-electron chi connectivity index (χ1n) is 8.51. The van der Waals surface area contributed by atoms with Gasteiger partial charge in [-0.25, -0.2) is 9.50 Å². The Labute approximate surface area is 151 Å². The molecule has 0 aliphatic heterocycles. The average Bonchev–Trinajstić information content (AvgIpc) is 3.21. The van der Waals surface area contributed by atoms with E-state index in [1.54, 1.807) is 24.0 Å². The highest BCUT2D eigenvalue weighted by Crippen LogP contribution is 2.13. The molecule has 0 aliphatic rings. The summed E-state index contributed by atoms with van der Waals surface area (Å²) in [7, 11) is 1.67. The van der Waals surface area contributed by atoms with Crippen molar-refractivity contribution in [2.75, 3.05) is 13.7 Å². The van der Waals surface area contributed by atoms with Crippen molar-refractivity contribution < 1.29 is 9.53 Å². The Morgan fingerprint density at radius 2 is 2.15 bits per heavy atom. The Morgan fingerprint density at radius 1 is 1.35 bits per heavy atom. The second kappa shape index (κ2) is 7.61. The van der Waals surface area contributed by atoms with Crippen molar-refractivity contribution in [2.24, 2.45) is 0 Å². The van der Waals surface area contributed by atoms with Crippen molar-refractivity contribution in [3.63, 3.8) is 0 Å². The van der Waals surface area contributed by atoms with Crippen molar-refractivity contribution in [1.29, 1.82) is 0 Å². The van der Waals surface area contributed by atoms with E-state index in [2.05, 4.69) is 25.6 Å². The van der Waals surface area contributed by atoms with E-state index in [0.717, 1.165) is 24.4 Å². The molecule has 0 aromatic carbocycles. The fraction of sp³-hybridized carbons (Fsp3) is 0.471. The number of ether oxygens (including phenoxy) is 1. The highest BCUT2D eigenvalue weighted by atomic mass is 16.5. The second-order valence-electron chi connectivity index (χ2n) is 6.26. The molecule has 0 saturated heterocycles. The zero-order valence-corrected chi connectivity index (χ0v) is 15.4. The summed E-state index contributed by atoms with van der Waals surface area (Å²) in [6.07, 6.45) is 2.51. The molecule has 1 atom stereocenters. The summed E-state index contributed by atoms with van der Waals surface area (Å²) in [6.45, 7) is 7.06. The first-order valence-corrected chi connectivity index (χ1v) is 8.51. The number of carbonyl (C=O) groups is 1. The molecule has 1 amide bonds. The number of nitrogens with zero attached hydrogens (tertiary/aromatic N) is 6. The number of amides is 1. The van der Waals surface area contributed by atoms with Crippen LogP contribution in [0.5, 0.6) is 0 Å². The lowest BCUT2D eigenvalue weighted by Crippen LogP contribution is -2.29. The van der Waals surface area contributed by atoms with Gasteiger partial charge in [-0.05, 0) is 33.3 Å². The molecule has 1 N–H and O–H groups in total. The van der Waals surface area contributed by atoms with Gasteiger partial charge in [0.2, 0.25) is 0 Å². The van der Waals surface area contributed by atoms with Gasteiger partial charge < -0.3 is 14.6 Å². The van der Waals surface area contributed by atoms with Crippen molar-refractivity contribution >= 4 is 11.6 Å². The lowest BCUT2D eigenvalue weighted by atomic mass is 10.2. The normalized spacial score (nSPS) is 12.5. The number of aryl methyl sites for hydroxylation is 3. The first kappa shape index (κ1) is 18.0. The predicted octanol–water partition coefficient (Wildman–Crippen LogP) is 1.47. The minimum absolute atomic E-state index is 0.256. The molecular formula is C17H23N7O2. The number of carbonyl (C=O) groups excluding carboxylic acids is 1. The Hall–Kier alpha value is -2.81. The lowest BCUT2D eigenvalue weighted by molar-refractivity contribution is 0.0932. The predicted molar refractivity (Wildman–Crippen MR) is 94.9 cm³/mol. The molecule has 0 unspecified atom stereocenters. The summed E-state index contributed by atoms with van der Waals surface area (Å²) in [5.74, 6) is 0.445. The molecule has 0 saturated carbocycles. The topological polar surface area (TPSA) is 99.2 Å². The van der Waals surface area contributed by atoms with Gasteiger partial charge >= 0.3 is 0 Å². The van der Waals surface area contributed by atoms with Gasteiger partial charge in [0.05, 0.1) is 11.7 Å². The molecule has 0 spiro atoms. The summed E-state index contributed by atoms with van der Waals surface area (Å²) < 4.78 is 8.72. The average molecular weight is 357 g/mol. The van der Waals surface area contributed by atoms with Gasteiger partial charge in [0.1, 0.15) is 12.0 Å². The molecule has 3 rings (SSSR count). The molecule has 9 heteroatoms. The number of rotatable bonds is 7. The zero-order valence-electron chi connectivity index (χ0n) is 15.4. The maximum absolute atomic E-state index is 12.6. The van der Waals surface area contributed by atoms with Crippen LogP contribution in [0.15, 0.2) is 18.5 Å². The fourth-order valence-corrected chi connectivity index (χ4v) is 2.84. The standard InChI is InChI=1S/C17H23N7O2/c1-11-8-15-20-14(9-12(2)24(15)22-11)17(25)19-13(3)16-21-18-10-23(16)6-5-7-26-4/h8-10,13H,5-7H2,1-4H3,(H,19,25)/t13-/m1/s1. The van der Waals surface area contributed by atoms with Crippen LogP contribution in [0.1, 0.15) is 47.1 Å². The summed E-state index contributed by atoms with van der Waals surface area (Å²) in [5.41, 5.74) is 2.72. The van der Waals surface area contributed by atoms with Gasteiger partial charge in [0.15, 0.2) is 11.5 Å². The number of nitrogens with one attached hydrogen (secondary N) is 1. The van der Waals surface area contributed by atoms with E-state index in [1.807, 2.05) is 31.4 Å². The molecule has 138 valence electrons. The number of aromatic nitrogens is 6. The molecule has 0 fully saturated rings. The monoisotopic (exact) mass is 357 g/mol. The van der Waals surface area contributed by atoms with E-state index < -0.39 is 0 Å². The van der Waals surface area contributed by atoms with Crippen LogP contribution in [0.25, 0.3) is 5.65 Å². The van der Waals surface area contributed by atoms with Crippen LogP contribution in [0, 0.1) is 13.8 Å². The minimum Gasteiger partial charge on any atom is -0.385 e. The van der Waals surface area contributed by atoms with Crippen LogP contribution in [0.4, 0.5) is 0 Å². The van der Waals surface area contributed by atoms with Crippen molar-refractivity contribution in [2.45, 2.75) is 39.8 Å². The highest BCUT2D eigenvalue weighted by Gasteiger charge is 2.18. The number of fused-ring (bicyclic) bond motifs is 1. The number of hydrogen-bond donors (Lipinski definition) is 1. The Bertz CT molecular complexity index is 915. The van der Waals surface area contributed by atoms with Crippen molar-refractivity contribution in [3.8, 4) is 0 Å². The SMILES string of the molecule is COCCCn1cnnc1[C@@H](C)NC(=O)c1cc(C)n2nc(C)cc2n1. The zero-order chi connectivity index (χ0) is 18.7. The van der Waals surface area contributed by atoms with Crippen LogP contribution in [-0.4, -0.2) is 49.0 Å². The Kier molecular flexibility index (Phi) is 5.27. The largest absolute Gasteiger partial charge is 0.385 e. The number of methoxy groups -OCH3 is 1. The first-order chi connectivity index (χ1) is 12.5. The molecule has 0 aliphatic carbocycles. The van der Waals surface area contributed by atoms with Crippen LogP contribution in [-0.2, 0) is 11.3 Å². The van der Waals surface area contributed by atoms with Gasteiger partial charge in [0, 0.05) is 32.0 Å². The molecule has 3 aromatic rings. The van der Waals surface area contributed by atoms with Gasteiger partial charge in [0.25, 0.3) is 5.91 Å². The number of hydrogen-bond acceptors (Lipinski definition) is 6. The van der Waals surface area contributed by atoms with Crippen molar-refractivity contribution in [1.82, 2.24) is 34.7 Å². The van der Waals surface area contributed by atoms with Crippen LogP contribution < -0.4 is 5.32 Å². The molecule has 3 heterocycles. The minimum atomic E-state index is -0.294. The maximum atomic E-state index is 12.6. The van der Waals surface area contributed by atoms with Gasteiger partial charge in [-0.3, -0.25) is 4.79 Å². The van der Waals surface area contributed by atoms with E-state index in [-0.39, 0.29) is 11.9 Å². The van der Waals surface area contributed by atoms with E-state index in [1.165, 1.54) is 0 Å². The van der Waals surface area contributed by atoms with Crippen molar-refractivity contribution in [3.05, 3.63) is 41.4 Å². The van der Waals surface area contributed by atoms with Crippen LogP contribution in [0.3, 0.4) is 0 Å². The van der Waals surface area contributed by atoms with E-state index in [4.69, 9.17) is 4.74 Å². The van der Waals surface area contributed by atoms with Crippen LogP contribution in [0.2, 0.25) is 0 Å². The Morgan fingerprint density at radius 3 is 2.92 bits per heavy atom.